The molecule has 1 unspecified atom stereocenters. The molecular formula is C16H20BrN3O. The van der Waals surface area contributed by atoms with Gasteiger partial charge in [-0.3, -0.25) is 0 Å². The number of benzene rings is 1. The quantitative estimate of drug-likeness (QED) is 0.884. The average molecular weight is 350 g/mol. The molecule has 21 heavy (non-hydrogen) atoms. The summed E-state index contributed by atoms with van der Waals surface area (Å²) in [6.07, 6.45) is 4.29. The summed E-state index contributed by atoms with van der Waals surface area (Å²) in [7, 11) is 0. The van der Waals surface area contributed by atoms with E-state index in [2.05, 4.69) is 45.8 Å². The summed E-state index contributed by atoms with van der Waals surface area (Å²) in [4.78, 5) is 8.50. The van der Waals surface area contributed by atoms with E-state index in [4.69, 9.17) is 10.5 Å². The topological polar surface area (TPSA) is 61.0 Å². The molecule has 0 radical (unpaired) electrons. The third-order valence-corrected chi connectivity index (χ3v) is 3.53. The highest BCUT2D eigenvalue weighted by Crippen LogP contribution is 2.31. The largest absolute Gasteiger partial charge is 0.424 e. The van der Waals surface area contributed by atoms with E-state index in [0.717, 1.165) is 27.8 Å². The minimum Gasteiger partial charge on any atom is -0.424 e. The molecular weight excluding hydrogens is 330 g/mol. The molecule has 0 amide bonds. The van der Waals surface area contributed by atoms with Crippen molar-refractivity contribution in [3.8, 4) is 11.8 Å². The van der Waals surface area contributed by atoms with E-state index in [1.54, 1.807) is 12.4 Å². The maximum atomic E-state index is 5.81. The molecule has 5 heteroatoms. The minimum atomic E-state index is 0.0967. The number of nitrogens with zero attached hydrogens (tertiary/aromatic N) is 2. The summed E-state index contributed by atoms with van der Waals surface area (Å²) < 4.78 is 6.85. The predicted octanol–water partition coefficient (Wildman–Crippen LogP) is 4.04. The van der Waals surface area contributed by atoms with Gasteiger partial charge in [-0.15, -0.1) is 0 Å². The van der Waals surface area contributed by atoms with E-state index < -0.39 is 0 Å². The Morgan fingerprint density at radius 1 is 1.19 bits per heavy atom. The Kier molecular flexibility index (Phi) is 5.31. The molecule has 2 N–H and O–H groups in total. The molecule has 2 aromatic rings. The third kappa shape index (κ3) is 4.51. The molecule has 1 heterocycles. The highest BCUT2D eigenvalue weighted by molar-refractivity contribution is 9.10. The van der Waals surface area contributed by atoms with Crippen LogP contribution in [0.15, 0.2) is 35.1 Å². The van der Waals surface area contributed by atoms with Crippen molar-refractivity contribution in [2.24, 2.45) is 5.73 Å². The first-order valence-electron chi connectivity index (χ1n) is 6.99. The van der Waals surface area contributed by atoms with Gasteiger partial charge in [0.05, 0.1) is 0 Å². The molecule has 0 aliphatic carbocycles. The van der Waals surface area contributed by atoms with Crippen LogP contribution in [0.4, 0.5) is 0 Å². The fraction of sp³-hybridized carbons (Fsp3) is 0.375. The number of ether oxygens (including phenoxy) is 1. The predicted molar refractivity (Wildman–Crippen MR) is 87.7 cm³/mol. The Morgan fingerprint density at radius 3 is 2.43 bits per heavy atom. The molecule has 2 rings (SSSR count). The standard InChI is InChI=1S/C16H20BrN3O/c1-10(2)14-7-13(17)4-5-15(14)21-16-19-8-12(9-20-16)6-11(3)18/h4-5,7-11H,6,18H2,1-3H3. The van der Waals surface area contributed by atoms with Gasteiger partial charge in [-0.05, 0) is 48.6 Å². The summed E-state index contributed by atoms with van der Waals surface area (Å²) >= 11 is 3.48. The fourth-order valence-electron chi connectivity index (χ4n) is 2.03. The fourth-order valence-corrected chi connectivity index (χ4v) is 2.41. The van der Waals surface area contributed by atoms with Crippen LogP contribution >= 0.6 is 15.9 Å². The highest BCUT2D eigenvalue weighted by atomic mass is 79.9. The second-order valence-electron chi connectivity index (χ2n) is 5.49. The zero-order valence-corrected chi connectivity index (χ0v) is 14.1. The smallest absolute Gasteiger partial charge is 0.321 e. The van der Waals surface area contributed by atoms with E-state index >= 15 is 0 Å². The van der Waals surface area contributed by atoms with Crippen LogP contribution in [0, 0.1) is 0 Å². The first-order chi connectivity index (χ1) is 9.95. The Labute approximate surface area is 133 Å². The van der Waals surface area contributed by atoms with Crippen molar-refractivity contribution in [2.45, 2.75) is 39.2 Å². The van der Waals surface area contributed by atoms with Crippen molar-refractivity contribution >= 4 is 15.9 Å². The van der Waals surface area contributed by atoms with Gasteiger partial charge in [-0.2, -0.15) is 0 Å². The molecule has 0 saturated carbocycles. The lowest BCUT2D eigenvalue weighted by Crippen LogP contribution is -2.18. The van der Waals surface area contributed by atoms with Crippen LogP contribution in [-0.2, 0) is 6.42 Å². The Balaban J connectivity index is 2.18. The SMILES string of the molecule is CC(N)Cc1cnc(Oc2ccc(Br)cc2C(C)C)nc1. The molecule has 0 aliphatic rings. The lowest BCUT2D eigenvalue weighted by atomic mass is 10.0. The summed E-state index contributed by atoms with van der Waals surface area (Å²) in [6, 6.07) is 6.39. The van der Waals surface area contributed by atoms with E-state index in [9.17, 15) is 0 Å². The van der Waals surface area contributed by atoms with Crippen molar-refractivity contribution in [1.82, 2.24) is 9.97 Å². The molecule has 4 nitrogen and oxygen atoms in total. The van der Waals surface area contributed by atoms with E-state index in [0.29, 0.717) is 11.9 Å². The summed E-state index contributed by atoms with van der Waals surface area (Å²) in [5.74, 6) is 1.14. The normalized spacial score (nSPS) is 12.5. The molecule has 1 atom stereocenters. The summed E-state index contributed by atoms with van der Waals surface area (Å²) in [5, 5.41) is 0. The lowest BCUT2D eigenvalue weighted by Gasteiger charge is -2.13. The van der Waals surface area contributed by atoms with Gasteiger partial charge in [0, 0.05) is 22.9 Å². The van der Waals surface area contributed by atoms with Crippen LogP contribution in [0.1, 0.15) is 37.8 Å². The van der Waals surface area contributed by atoms with Crippen molar-refractivity contribution in [3.63, 3.8) is 0 Å². The van der Waals surface area contributed by atoms with Gasteiger partial charge in [0.2, 0.25) is 0 Å². The van der Waals surface area contributed by atoms with Crippen LogP contribution in [0.3, 0.4) is 0 Å². The minimum absolute atomic E-state index is 0.0967. The molecule has 1 aromatic carbocycles. The first-order valence-corrected chi connectivity index (χ1v) is 7.79. The number of hydrogen-bond donors (Lipinski definition) is 1. The molecule has 0 bridgehead atoms. The Bertz CT molecular complexity index is 597. The van der Waals surface area contributed by atoms with Crippen LogP contribution in [0.2, 0.25) is 0 Å². The maximum Gasteiger partial charge on any atom is 0.321 e. The Hall–Kier alpha value is -1.46. The van der Waals surface area contributed by atoms with Gasteiger partial charge in [-0.25, -0.2) is 9.97 Å². The number of rotatable bonds is 5. The molecule has 0 saturated heterocycles. The number of halogens is 1. The first kappa shape index (κ1) is 15.9. The van der Waals surface area contributed by atoms with Gasteiger partial charge in [0.1, 0.15) is 5.75 Å². The highest BCUT2D eigenvalue weighted by Gasteiger charge is 2.11. The van der Waals surface area contributed by atoms with Gasteiger partial charge in [0.15, 0.2) is 0 Å². The maximum absolute atomic E-state index is 5.81. The molecule has 0 spiro atoms. The van der Waals surface area contributed by atoms with Gasteiger partial charge < -0.3 is 10.5 Å². The van der Waals surface area contributed by atoms with Crippen molar-refractivity contribution in [2.75, 3.05) is 0 Å². The summed E-state index contributed by atoms with van der Waals surface area (Å²) in [5.41, 5.74) is 7.89. The van der Waals surface area contributed by atoms with Gasteiger partial charge >= 0.3 is 6.01 Å². The van der Waals surface area contributed by atoms with Crippen molar-refractivity contribution in [1.29, 1.82) is 0 Å². The second-order valence-corrected chi connectivity index (χ2v) is 6.41. The van der Waals surface area contributed by atoms with Crippen LogP contribution in [0.25, 0.3) is 0 Å². The van der Waals surface area contributed by atoms with Crippen LogP contribution in [0.5, 0.6) is 11.8 Å². The van der Waals surface area contributed by atoms with E-state index in [1.165, 1.54) is 0 Å². The second kappa shape index (κ2) is 7.00. The van der Waals surface area contributed by atoms with Crippen LogP contribution in [-0.4, -0.2) is 16.0 Å². The molecule has 0 aliphatic heterocycles. The zero-order valence-electron chi connectivity index (χ0n) is 12.5. The van der Waals surface area contributed by atoms with Crippen molar-refractivity contribution in [3.05, 3.63) is 46.2 Å². The monoisotopic (exact) mass is 349 g/mol. The van der Waals surface area contributed by atoms with Gasteiger partial charge in [0.25, 0.3) is 0 Å². The third-order valence-electron chi connectivity index (χ3n) is 3.03. The lowest BCUT2D eigenvalue weighted by molar-refractivity contribution is 0.433. The number of nitrogens with two attached hydrogens (primary N) is 1. The molecule has 1 aromatic heterocycles. The van der Waals surface area contributed by atoms with Gasteiger partial charge in [-0.1, -0.05) is 29.8 Å². The van der Waals surface area contributed by atoms with E-state index in [-0.39, 0.29) is 6.04 Å². The average Bonchev–Trinajstić information content (AvgIpc) is 2.42. The Morgan fingerprint density at radius 2 is 1.86 bits per heavy atom. The number of aromatic nitrogens is 2. The molecule has 0 fully saturated rings. The van der Waals surface area contributed by atoms with Crippen LogP contribution < -0.4 is 10.5 Å². The zero-order chi connectivity index (χ0) is 15.4. The van der Waals surface area contributed by atoms with Crippen molar-refractivity contribution < 1.29 is 4.74 Å². The summed E-state index contributed by atoms with van der Waals surface area (Å²) in [6.45, 7) is 6.21. The number of hydrogen-bond acceptors (Lipinski definition) is 4. The molecule has 112 valence electrons. The van der Waals surface area contributed by atoms with E-state index in [1.807, 2.05) is 19.1 Å².